The Balaban J connectivity index is 1.69. The first-order valence-corrected chi connectivity index (χ1v) is 6.18. The summed E-state index contributed by atoms with van der Waals surface area (Å²) in [6.07, 6.45) is 1.22. The second-order valence-corrected chi connectivity index (χ2v) is 4.37. The Morgan fingerprint density at radius 3 is 2.72 bits per heavy atom. The highest BCUT2D eigenvalue weighted by atomic mass is 16.7. The minimum Gasteiger partial charge on any atom is -0.436 e. The molecule has 1 aliphatic rings. The molecule has 1 heterocycles. The van der Waals surface area contributed by atoms with Crippen LogP contribution >= 0.6 is 0 Å². The molecule has 0 amide bonds. The van der Waals surface area contributed by atoms with E-state index in [-0.39, 0.29) is 12.1 Å². The first-order valence-electron chi connectivity index (χ1n) is 6.18. The van der Waals surface area contributed by atoms with E-state index in [1.807, 2.05) is 30.3 Å². The number of esters is 1. The van der Waals surface area contributed by atoms with Crippen molar-refractivity contribution in [2.24, 2.45) is 0 Å². The van der Waals surface area contributed by atoms with Crippen LogP contribution in [0.3, 0.4) is 0 Å². The van der Waals surface area contributed by atoms with Crippen LogP contribution in [0.15, 0.2) is 30.3 Å². The van der Waals surface area contributed by atoms with Gasteiger partial charge in [0, 0.05) is 13.3 Å². The fraction of sp³-hybridized carbons (Fsp3) is 0.500. The predicted octanol–water partition coefficient (Wildman–Crippen LogP) is 2.27. The van der Waals surface area contributed by atoms with E-state index in [2.05, 4.69) is 0 Å². The quantitative estimate of drug-likeness (QED) is 0.769. The van der Waals surface area contributed by atoms with Gasteiger partial charge in [0.25, 0.3) is 0 Å². The van der Waals surface area contributed by atoms with Crippen molar-refractivity contribution in [1.82, 2.24) is 0 Å². The highest BCUT2D eigenvalue weighted by Crippen LogP contribution is 2.18. The van der Waals surface area contributed by atoms with Crippen LogP contribution in [0, 0.1) is 0 Å². The Morgan fingerprint density at radius 2 is 2.11 bits per heavy atom. The molecule has 2 atom stereocenters. The zero-order valence-electron chi connectivity index (χ0n) is 10.5. The molecule has 0 aromatic heterocycles. The molecule has 0 saturated carbocycles. The van der Waals surface area contributed by atoms with Crippen LogP contribution in [0.5, 0.6) is 0 Å². The Hall–Kier alpha value is -1.39. The zero-order chi connectivity index (χ0) is 12.8. The van der Waals surface area contributed by atoms with Crippen molar-refractivity contribution in [3.05, 3.63) is 35.9 Å². The van der Waals surface area contributed by atoms with Gasteiger partial charge < -0.3 is 14.2 Å². The van der Waals surface area contributed by atoms with Gasteiger partial charge in [-0.05, 0) is 12.0 Å². The smallest absolute Gasteiger partial charge is 0.304 e. The molecule has 1 aromatic rings. The third kappa shape index (κ3) is 4.13. The van der Waals surface area contributed by atoms with Gasteiger partial charge >= 0.3 is 5.97 Å². The van der Waals surface area contributed by atoms with Gasteiger partial charge in [-0.15, -0.1) is 0 Å². The molecule has 1 aliphatic heterocycles. The maximum absolute atomic E-state index is 10.8. The second-order valence-electron chi connectivity index (χ2n) is 4.37. The van der Waals surface area contributed by atoms with Crippen LogP contribution in [0.4, 0.5) is 0 Å². The van der Waals surface area contributed by atoms with Crippen LogP contribution in [0.2, 0.25) is 0 Å². The third-order valence-electron chi connectivity index (χ3n) is 2.82. The lowest BCUT2D eigenvalue weighted by molar-refractivity contribution is -0.201. The molecule has 1 fully saturated rings. The summed E-state index contributed by atoms with van der Waals surface area (Å²) in [5.74, 6) is -0.302. The highest BCUT2D eigenvalue weighted by molar-refractivity contribution is 5.66. The summed E-state index contributed by atoms with van der Waals surface area (Å²) in [4.78, 5) is 10.8. The summed E-state index contributed by atoms with van der Waals surface area (Å²) < 4.78 is 16.2. The van der Waals surface area contributed by atoms with Crippen molar-refractivity contribution in [3.63, 3.8) is 0 Å². The van der Waals surface area contributed by atoms with Crippen LogP contribution in [-0.4, -0.2) is 25.0 Å². The normalized spacial score (nSPS) is 23.6. The molecule has 0 aliphatic carbocycles. The molecule has 1 unspecified atom stereocenters. The third-order valence-corrected chi connectivity index (χ3v) is 2.82. The summed E-state index contributed by atoms with van der Waals surface area (Å²) in [6, 6.07) is 10.0. The van der Waals surface area contributed by atoms with Crippen molar-refractivity contribution in [2.45, 2.75) is 38.8 Å². The first-order chi connectivity index (χ1) is 8.74. The molecule has 0 bridgehead atoms. The average molecular weight is 250 g/mol. The van der Waals surface area contributed by atoms with Crippen molar-refractivity contribution < 1.29 is 19.0 Å². The number of rotatable bonds is 4. The number of hydrogen-bond donors (Lipinski definition) is 0. The Bertz CT molecular complexity index is 369. The maximum Gasteiger partial charge on any atom is 0.304 e. The minimum atomic E-state index is -0.404. The summed E-state index contributed by atoms with van der Waals surface area (Å²) in [7, 11) is 0. The lowest BCUT2D eigenvalue weighted by Crippen LogP contribution is -2.33. The molecule has 1 saturated heterocycles. The number of hydrogen-bond acceptors (Lipinski definition) is 4. The van der Waals surface area contributed by atoms with Gasteiger partial charge in [0.05, 0.1) is 19.3 Å². The standard InChI is InChI=1S/C14H18O4/c1-11(15)18-14-8-7-13(10-17-14)16-9-12-5-3-2-4-6-12/h2-6,13-14H,7-10H2,1H3/t13-,14?/m1/s1. The Labute approximate surface area is 107 Å². The van der Waals surface area contributed by atoms with Gasteiger partial charge in [0.2, 0.25) is 6.29 Å². The first kappa shape index (κ1) is 13.1. The SMILES string of the molecule is CC(=O)OC1CC[C@@H](OCc2ccccc2)CO1. The molecule has 0 N–H and O–H groups in total. The van der Waals surface area contributed by atoms with E-state index in [4.69, 9.17) is 14.2 Å². The molecule has 0 spiro atoms. The molecule has 4 heteroatoms. The highest BCUT2D eigenvalue weighted by Gasteiger charge is 2.23. The van der Waals surface area contributed by atoms with E-state index < -0.39 is 6.29 Å². The van der Waals surface area contributed by atoms with Gasteiger partial charge in [-0.1, -0.05) is 30.3 Å². The number of ether oxygens (including phenoxy) is 3. The van der Waals surface area contributed by atoms with Crippen molar-refractivity contribution >= 4 is 5.97 Å². The van der Waals surface area contributed by atoms with Gasteiger partial charge in [0.15, 0.2) is 0 Å². The molecular weight excluding hydrogens is 232 g/mol. The molecule has 4 nitrogen and oxygen atoms in total. The minimum absolute atomic E-state index is 0.0806. The van der Waals surface area contributed by atoms with Gasteiger partial charge in [-0.25, -0.2) is 0 Å². The van der Waals surface area contributed by atoms with Crippen LogP contribution in [0.25, 0.3) is 0 Å². The largest absolute Gasteiger partial charge is 0.436 e. The fourth-order valence-electron chi connectivity index (χ4n) is 1.90. The van der Waals surface area contributed by atoms with E-state index in [1.54, 1.807) is 0 Å². The molecule has 0 radical (unpaired) electrons. The van der Waals surface area contributed by atoms with Gasteiger partial charge in [-0.2, -0.15) is 0 Å². The fourth-order valence-corrected chi connectivity index (χ4v) is 1.90. The zero-order valence-corrected chi connectivity index (χ0v) is 10.5. The predicted molar refractivity (Wildman–Crippen MR) is 65.8 cm³/mol. The van der Waals surface area contributed by atoms with E-state index >= 15 is 0 Å². The van der Waals surface area contributed by atoms with E-state index in [1.165, 1.54) is 6.92 Å². The second kappa shape index (κ2) is 6.52. The van der Waals surface area contributed by atoms with Gasteiger partial charge in [-0.3, -0.25) is 4.79 Å². The van der Waals surface area contributed by atoms with Crippen molar-refractivity contribution in [3.8, 4) is 0 Å². The molecule has 1 aromatic carbocycles. The van der Waals surface area contributed by atoms with E-state index in [0.29, 0.717) is 19.6 Å². The molecule has 98 valence electrons. The maximum atomic E-state index is 10.8. The topological polar surface area (TPSA) is 44.8 Å². The monoisotopic (exact) mass is 250 g/mol. The number of benzene rings is 1. The lowest BCUT2D eigenvalue weighted by Gasteiger charge is -2.28. The Kier molecular flexibility index (Phi) is 4.73. The number of carbonyl (C=O) groups is 1. The van der Waals surface area contributed by atoms with Crippen molar-refractivity contribution in [1.29, 1.82) is 0 Å². The molecule has 18 heavy (non-hydrogen) atoms. The summed E-state index contributed by atoms with van der Waals surface area (Å²) in [5, 5.41) is 0. The van der Waals surface area contributed by atoms with Gasteiger partial charge in [0.1, 0.15) is 0 Å². The van der Waals surface area contributed by atoms with Crippen LogP contribution < -0.4 is 0 Å². The summed E-state index contributed by atoms with van der Waals surface area (Å²) in [5.41, 5.74) is 1.15. The molecule has 2 rings (SSSR count). The molecular formula is C14H18O4. The van der Waals surface area contributed by atoms with Crippen molar-refractivity contribution in [2.75, 3.05) is 6.61 Å². The van der Waals surface area contributed by atoms with Crippen LogP contribution in [-0.2, 0) is 25.6 Å². The van der Waals surface area contributed by atoms with Crippen LogP contribution in [0.1, 0.15) is 25.3 Å². The lowest BCUT2D eigenvalue weighted by atomic mass is 10.1. The average Bonchev–Trinajstić information content (AvgIpc) is 2.38. The Morgan fingerprint density at radius 1 is 1.33 bits per heavy atom. The van der Waals surface area contributed by atoms with E-state index in [9.17, 15) is 4.79 Å². The summed E-state index contributed by atoms with van der Waals surface area (Å²) >= 11 is 0. The number of carbonyl (C=O) groups excluding carboxylic acids is 1. The summed E-state index contributed by atoms with van der Waals surface area (Å²) in [6.45, 7) is 2.46. The van der Waals surface area contributed by atoms with E-state index in [0.717, 1.165) is 12.0 Å².